The summed E-state index contributed by atoms with van der Waals surface area (Å²) < 4.78 is 20.7. The molecular weight excluding hydrogens is 387 g/mol. The van der Waals surface area contributed by atoms with E-state index in [2.05, 4.69) is 15.1 Å². The van der Waals surface area contributed by atoms with E-state index in [4.69, 9.17) is 4.74 Å². The van der Waals surface area contributed by atoms with Gasteiger partial charge in [0.2, 0.25) is 0 Å². The highest BCUT2D eigenvalue weighted by Gasteiger charge is 2.19. The minimum absolute atomic E-state index is 0.170. The van der Waals surface area contributed by atoms with Crippen molar-refractivity contribution in [2.45, 2.75) is 26.8 Å². The molecule has 4 rings (SSSR count). The number of nitrogens with zero attached hydrogens (tertiary/aromatic N) is 4. The average molecular weight is 414 g/mol. The Morgan fingerprint density at radius 3 is 2.27 bits per heavy atom. The fourth-order valence-corrected chi connectivity index (χ4v) is 3.28. The van der Waals surface area contributed by atoms with Crippen molar-refractivity contribution >= 4 is 0 Å². The van der Waals surface area contributed by atoms with Crippen LogP contribution >= 0.6 is 0 Å². The van der Waals surface area contributed by atoms with Crippen LogP contribution in [0.3, 0.4) is 0 Å². The predicted molar refractivity (Wildman–Crippen MR) is 111 cm³/mol. The summed E-state index contributed by atoms with van der Waals surface area (Å²) in [5.74, 6) is 0.763. The molecule has 0 bridgehead atoms. The van der Waals surface area contributed by atoms with Gasteiger partial charge in [0.05, 0.1) is 19.8 Å². The first-order valence-electron chi connectivity index (χ1n) is 10.1. The first-order chi connectivity index (χ1) is 14.6. The number of hydrogen-bond acceptors (Lipinski definition) is 6. The molecule has 0 radical (unpaired) electrons. The molecule has 160 valence electrons. The smallest absolute Gasteiger partial charge is 0.157 e. The van der Waals surface area contributed by atoms with Crippen LogP contribution < -0.4 is 0 Å². The molecule has 0 amide bonds. The highest BCUT2D eigenvalue weighted by molar-refractivity contribution is 5.42. The van der Waals surface area contributed by atoms with E-state index in [-0.39, 0.29) is 17.3 Å². The highest BCUT2D eigenvalue weighted by atomic mass is 19.1. The van der Waals surface area contributed by atoms with Gasteiger partial charge in [0.15, 0.2) is 17.3 Å². The second kappa shape index (κ2) is 10.2. The molecule has 1 fully saturated rings. The number of phenolic OH excluding ortho intramolecular Hbond substituents is 2. The van der Waals surface area contributed by atoms with E-state index in [1.54, 1.807) is 18.2 Å². The van der Waals surface area contributed by atoms with Crippen LogP contribution in [-0.4, -0.2) is 56.2 Å². The molecular formula is C22H27FN4O3. The number of hydrogen-bond donors (Lipinski definition) is 2. The summed E-state index contributed by atoms with van der Waals surface area (Å²) in [5, 5.41) is 28.0. The lowest BCUT2D eigenvalue weighted by Crippen LogP contribution is -2.36. The van der Waals surface area contributed by atoms with Gasteiger partial charge in [0, 0.05) is 25.2 Å². The number of benzene rings is 2. The Balaban J connectivity index is 0.00000124. The SMILES string of the molecule is CC.Oc1ccc(Cc2nnc(CN3CCOCC3)n2-c2ccc(F)cc2)cc1O. The van der Waals surface area contributed by atoms with Gasteiger partial charge in [0.1, 0.15) is 11.6 Å². The van der Waals surface area contributed by atoms with Gasteiger partial charge in [0.25, 0.3) is 0 Å². The first kappa shape index (κ1) is 21.7. The number of aromatic hydroxyl groups is 2. The largest absolute Gasteiger partial charge is 0.504 e. The Labute approximate surface area is 175 Å². The molecule has 0 aliphatic carbocycles. The zero-order valence-corrected chi connectivity index (χ0v) is 17.3. The number of halogens is 1. The fourth-order valence-electron chi connectivity index (χ4n) is 3.28. The Morgan fingerprint density at radius 1 is 0.933 bits per heavy atom. The van der Waals surface area contributed by atoms with Crippen LogP contribution in [0.2, 0.25) is 0 Å². The summed E-state index contributed by atoms with van der Waals surface area (Å²) >= 11 is 0. The van der Waals surface area contributed by atoms with Crippen LogP contribution in [0.4, 0.5) is 4.39 Å². The molecule has 0 saturated carbocycles. The zero-order valence-electron chi connectivity index (χ0n) is 17.3. The van der Waals surface area contributed by atoms with Crippen LogP contribution in [-0.2, 0) is 17.7 Å². The molecule has 3 aromatic rings. The van der Waals surface area contributed by atoms with Crippen molar-refractivity contribution in [1.29, 1.82) is 0 Å². The maximum Gasteiger partial charge on any atom is 0.157 e. The number of ether oxygens (including phenoxy) is 1. The lowest BCUT2D eigenvalue weighted by atomic mass is 10.1. The molecule has 0 unspecified atom stereocenters. The normalized spacial score (nSPS) is 14.2. The van der Waals surface area contributed by atoms with E-state index in [0.29, 0.717) is 32.0 Å². The standard InChI is InChI=1S/C20H21FN4O3.C2H6/c21-15-2-4-16(5-3-15)25-19(12-14-1-6-17(26)18(27)11-14)22-23-20(25)13-24-7-9-28-10-8-24;1-2/h1-6,11,26-27H,7-10,12-13H2;1-2H3. The van der Waals surface area contributed by atoms with Gasteiger partial charge in [-0.2, -0.15) is 0 Å². The molecule has 0 atom stereocenters. The van der Waals surface area contributed by atoms with Crippen molar-refractivity contribution in [2.75, 3.05) is 26.3 Å². The summed E-state index contributed by atoms with van der Waals surface area (Å²) in [6.07, 6.45) is 0.404. The summed E-state index contributed by atoms with van der Waals surface area (Å²) in [4.78, 5) is 2.24. The van der Waals surface area contributed by atoms with Crippen molar-refractivity contribution in [3.63, 3.8) is 0 Å². The quantitative estimate of drug-likeness (QED) is 0.624. The predicted octanol–water partition coefficient (Wildman–Crippen LogP) is 3.27. The molecule has 1 aromatic heterocycles. The van der Waals surface area contributed by atoms with Crippen molar-refractivity contribution < 1.29 is 19.3 Å². The van der Waals surface area contributed by atoms with E-state index >= 15 is 0 Å². The van der Waals surface area contributed by atoms with Crippen molar-refractivity contribution in [1.82, 2.24) is 19.7 Å². The van der Waals surface area contributed by atoms with E-state index in [1.807, 2.05) is 18.4 Å². The minimum atomic E-state index is -0.309. The monoisotopic (exact) mass is 414 g/mol. The summed E-state index contributed by atoms with van der Waals surface area (Å²) in [7, 11) is 0. The number of rotatable bonds is 5. The Morgan fingerprint density at radius 2 is 1.60 bits per heavy atom. The Kier molecular flexibility index (Phi) is 7.37. The first-order valence-corrected chi connectivity index (χ1v) is 10.1. The third kappa shape index (κ3) is 5.14. The van der Waals surface area contributed by atoms with Gasteiger partial charge in [-0.3, -0.25) is 9.47 Å². The molecule has 1 aliphatic rings. The second-order valence-corrected chi connectivity index (χ2v) is 6.73. The van der Waals surface area contributed by atoms with E-state index in [0.717, 1.165) is 30.2 Å². The molecule has 2 heterocycles. The summed E-state index contributed by atoms with van der Waals surface area (Å²) in [5.41, 5.74) is 1.55. The van der Waals surface area contributed by atoms with Gasteiger partial charge in [-0.05, 0) is 42.0 Å². The van der Waals surface area contributed by atoms with Crippen LogP contribution in [0.5, 0.6) is 11.5 Å². The average Bonchev–Trinajstić information content (AvgIpc) is 3.15. The van der Waals surface area contributed by atoms with Crippen molar-refractivity contribution in [3.05, 3.63) is 65.5 Å². The maximum absolute atomic E-state index is 13.4. The molecule has 1 aliphatic heterocycles. The maximum atomic E-state index is 13.4. The Hall–Kier alpha value is -2.97. The summed E-state index contributed by atoms with van der Waals surface area (Å²) in [6.45, 7) is 7.61. The van der Waals surface area contributed by atoms with Crippen LogP contribution in [0.15, 0.2) is 42.5 Å². The van der Waals surface area contributed by atoms with E-state index < -0.39 is 0 Å². The molecule has 2 N–H and O–H groups in total. The van der Waals surface area contributed by atoms with E-state index in [9.17, 15) is 14.6 Å². The van der Waals surface area contributed by atoms with Gasteiger partial charge < -0.3 is 14.9 Å². The van der Waals surface area contributed by atoms with Gasteiger partial charge >= 0.3 is 0 Å². The second-order valence-electron chi connectivity index (χ2n) is 6.73. The molecule has 30 heavy (non-hydrogen) atoms. The topological polar surface area (TPSA) is 83.6 Å². The minimum Gasteiger partial charge on any atom is -0.504 e. The van der Waals surface area contributed by atoms with E-state index in [1.165, 1.54) is 24.3 Å². The van der Waals surface area contributed by atoms with Crippen molar-refractivity contribution in [2.24, 2.45) is 0 Å². The third-order valence-corrected chi connectivity index (χ3v) is 4.75. The molecule has 1 saturated heterocycles. The lowest BCUT2D eigenvalue weighted by Gasteiger charge is -2.26. The third-order valence-electron chi connectivity index (χ3n) is 4.75. The van der Waals surface area contributed by atoms with Crippen LogP contribution in [0.1, 0.15) is 31.1 Å². The van der Waals surface area contributed by atoms with Crippen LogP contribution in [0.25, 0.3) is 5.69 Å². The summed E-state index contributed by atoms with van der Waals surface area (Å²) in [6, 6.07) is 10.9. The fraction of sp³-hybridized carbons (Fsp3) is 0.364. The lowest BCUT2D eigenvalue weighted by molar-refractivity contribution is 0.0328. The van der Waals surface area contributed by atoms with Gasteiger partial charge in [-0.15, -0.1) is 10.2 Å². The van der Waals surface area contributed by atoms with Gasteiger partial charge in [-0.25, -0.2) is 4.39 Å². The molecule has 2 aromatic carbocycles. The van der Waals surface area contributed by atoms with Crippen LogP contribution in [0, 0.1) is 5.82 Å². The van der Waals surface area contributed by atoms with Crippen molar-refractivity contribution in [3.8, 4) is 17.2 Å². The number of morpholine rings is 1. The molecule has 0 spiro atoms. The molecule has 8 heteroatoms. The van der Waals surface area contributed by atoms with Gasteiger partial charge in [-0.1, -0.05) is 19.9 Å². The highest BCUT2D eigenvalue weighted by Crippen LogP contribution is 2.26. The zero-order chi connectivity index (χ0) is 21.5. The molecule has 7 nitrogen and oxygen atoms in total. The number of aromatic nitrogens is 3. The Bertz CT molecular complexity index is 954. The number of phenols is 2.